The molecule has 0 bridgehead atoms. The number of aromatic amines is 1. The molecule has 8 nitrogen and oxygen atoms in total. The highest BCUT2D eigenvalue weighted by molar-refractivity contribution is 7.48. The van der Waals surface area contributed by atoms with Gasteiger partial charge in [0.15, 0.2) is 5.69 Å². The maximum Gasteiger partial charge on any atom is 0.530 e. The summed E-state index contributed by atoms with van der Waals surface area (Å²) in [5.41, 5.74) is -2.19. The average Bonchev–Trinajstić information content (AvgIpc) is 3.20. The minimum atomic E-state index is -4.87. The van der Waals surface area contributed by atoms with Crippen LogP contribution in [0, 0.1) is 0 Å². The number of rotatable bonds is 8. The van der Waals surface area contributed by atoms with Crippen molar-refractivity contribution in [1.82, 2.24) is 14.6 Å². The number of fused-ring (bicyclic) bond motifs is 1. The van der Waals surface area contributed by atoms with Gasteiger partial charge in [-0.25, -0.2) is 9.08 Å². The third-order valence-electron chi connectivity index (χ3n) is 5.02. The van der Waals surface area contributed by atoms with Crippen LogP contribution in [0.15, 0.2) is 53.3 Å². The van der Waals surface area contributed by atoms with Gasteiger partial charge in [-0.2, -0.15) is 18.3 Å². The van der Waals surface area contributed by atoms with E-state index in [-0.39, 0.29) is 57.0 Å². The van der Waals surface area contributed by atoms with E-state index < -0.39 is 25.3 Å². The molecule has 0 atom stereocenters. The Labute approximate surface area is 218 Å². The quantitative estimate of drug-likeness (QED) is 0.222. The number of nitrogens with one attached hydrogen (secondary N) is 1. The SMILES string of the molecule is CCOP(=O)(OCC)Oc1cccc(-c2cc(=O)[nH]c3c(-c4ccc(Cl)c(Cl)c4)c(C(F)(F)F)nn23)c1. The smallest absolute Gasteiger partial charge is 0.404 e. The fraction of sp³-hybridized carbons (Fsp3) is 0.217. The van der Waals surface area contributed by atoms with Crippen molar-refractivity contribution in [1.29, 1.82) is 0 Å². The molecule has 2 heterocycles. The molecule has 2 aromatic carbocycles. The van der Waals surface area contributed by atoms with E-state index in [1.807, 2.05) is 0 Å². The molecule has 1 N–H and O–H groups in total. The summed E-state index contributed by atoms with van der Waals surface area (Å²) in [6, 6.07) is 10.9. The van der Waals surface area contributed by atoms with E-state index in [1.54, 1.807) is 13.8 Å². The summed E-state index contributed by atoms with van der Waals surface area (Å²) in [7, 11) is -3.95. The highest BCUT2D eigenvalue weighted by Gasteiger charge is 2.39. The first-order chi connectivity index (χ1) is 17.5. The van der Waals surface area contributed by atoms with Crippen molar-refractivity contribution in [3.63, 3.8) is 0 Å². The van der Waals surface area contributed by atoms with Crippen LogP contribution in [-0.2, 0) is 19.8 Å². The number of nitrogens with zero attached hydrogens (tertiary/aromatic N) is 2. The third-order valence-corrected chi connectivity index (χ3v) is 7.34. The molecule has 0 unspecified atom stereocenters. The fourth-order valence-electron chi connectivity index (χ4n) is 3.62. The predicted molar refractivity (Wildman–Crippen MR) is 133 cm³/mol. The van der Waals surface area contributed by atoms with Crippen molar-refractivity contribution >= 4 is 36.7 Å². The van der Waals surface area contributed by atoms with Crippen molar-refractivity contribution in [3.8, 4) is 28.1 Å². The van der Waals surface area contributed by atoms with E-state index in [0.717, 1.165) is 10.6 Å². The van der Waals surface area contributed by atoms with Gasteiger partial charge in [0, 0.05) is 11.6 Å². The second-order valence-corrected chi connectivity index (χ2v) is 9.94. The van der Waals surface area contributed by atoms with Crippen LogP contribution in [0.2, 0.25) is 10.0 Å². The molecule has 14 heteroatoms. The molecule has 0 amide bonds. The average molecular weight is 576 g/mol. The van der Waals surface area contributed by atoms with Gasteiger partial charge >= 0.3 is 14.0 Å². The molecule has 0 saturated heterocycles. The Morgan fingerprint density at radius 2 is 1.70 bits per heavy atom. The summed E-state index contributed by atoms with van der Waals surface area (Å²) in [5, 5.41) is 3.97. The van der Waals surface area contributed by atoms with E-state index >= 15 is 0 Å². The molecule has 0 radical (unpaired) electrons. The first-order valence-corrected chi connectivity index (χ1v) is 13.0. The zero-order chi connectivity index (χ0) is 27.0. The second kappa shape index (κ2) is 10.5. The molecular formula is C23H19Cl2F3N3O5P. The minimum absolute atomic E-state index is 0.0173. The maximum absolute atomic E-state index is 14.1. The lowest BCUT2D eigenvalue weighted by molar-refractivity contribution is -0.140. The molecule has 37 heavy (non-hydrogen) atoms. The van der Waals surface area contributed by atoms with Crippen LogP contribution in [0.3, 0.4) is 0 Å². The van der Waals surface area contributed by atoms with Crippen LogP contribution in [0.1, 0.15) is 19.5 Å². The number of benzene rings is 2. The normalized spacial score (nSPS) is 12.3. The van der Waals surface area contributed by atoms with Crippen LogP contribution in [0.5, 0.6) is 5.75 Å². The summed E-state index contributed by atoms with van der Waals surface area (Å²) in [4.78, 5) is 15.0. The zero-order valence-corrected chi connectivity index (χ0v) is 21.7. The van der Waals surface area contributed by atoms with Gasteiger partial charge in [-0.15, -0.1) is 0 Å². The summed E-state index contributed by atoms with van der Waals surface area (Å²) >= 11 is 12.0. The number of phosphoric ester groups is 1. The number of aromatic nitrogens is 3. The van der Waals surface area contributed by atoms with Crippen molar-refractivity contribution in [3.05, 3.63) is 74.6 Å². The number of phosphoric acid groups is 1. The largest absolute Gasteiger partial charge is 0.530 e. The van der Waals surface area contributed by atoms with E-state index in [4.69, 9.17) is 36.8 Å². The van der Waals surface area contributed by atoms with Gasteiger partial charge in [0.05, 0.1) is 34.5 Å². The molecule has 0 aliphatic carbocycles. The van der Waals surface area contributed by atoms with Gasteiger partial charge in [-0.3, -0.25) is 13.8 Å². The van der Waals surface area contributed by atoms with E-state index in [0.29, 0.717) is 0 Å². The van der Waals surface area contributed by atoms with E-state index in [2.05, 4.69) is 10.1 Å². The molecule has 4 rings (SSSR count). The number of hydrogen-bond donors (Lipinski definition) is 1. The number of halogens is 5. The molecular weight excluding hydrogens is 557 g/mol. The Balaban J connectivity index is 1.93. The zero-order valence-electron chi connectivity index (χ0n) is 19.3. The van der Waals surface area contributed by atoms with Crippen LogP contribution >= 0.6 is 31.0 Å². The van der Waals surface area contributed by atoms with Gasteiger partial charge < -0.3 is 9.51 Å². The van der Waals surface area contributed by atoms with Crippen LogP contribution in [0.4, 0.5) is 13.2 Å². The first-order valence-electron chi connectivity index (χ1n) is 10.8. The highest BCUT2D eigenvalue weighted by atomic mass is 35.5. The summed E-state index contributed by atoms with van der Waals surface area (Å²) in [5.74, 6) is 0.0454. The first kappa shape index (κ1) is 27.2. The summed E-state index contributed by atoms with van der Waals surface area (Å²) in [6.07, 6.45) is -4.87. The summed E-state index contributed by atoms with van der Waals surface area (Å²) < 4.78 is 71.7. The highest BCUT2D eigenvalue weighted by Crippen LogP contribution is 2.49. The monoisotopic (exact) mass is 575 g/mol. The molecule has 0 fully saturated rings. The molecule has 0 aliphatic heterocycles. The topological polar surface area (TPSA) is 94.9 Å². The maximum atomic E-state index is 14.1. The summed E-state index contributed by atoms with van der Waals surface area (Å²) in [6.45, 7) is 3.33. The van der Waals surface area contributed by atoms with Crippen molar-refractivity contribution in [2.75, 3.05) is 13.2 Å². The third kappa shape index (κ3) is 5.71. The van der Waals surface area contributed by atoms with Gasteiger partial charge in [0.1, 0.15) is 11.4 Å². The Morgan fingerprint density at radius 3 is 2.32 bits per heavy atom. The second-order valence-electron chi connectivity index (χ2n) is 7.53. The Kier molecular flexibility index (Phi) is 7.73. The minimum Gasteiger partial charge on any atom is -0.404 e. The number of hydrogen-bond acceptors (Lipinski definition) is 6. The Bertz CT molecular complexity index is 1560. The molecule has 2 aromatic heterocycles. The van der Waals surface area contributed by atoms with Crippen LogP contribution in [0.25, 0.3) is 28.0 Å². The van der Waals surface area contributed by atoms with Crippen LogP contribution < -0.4 is 10.1 Å². The fourth-order valence-corrected chi connectivity index (χ4v) is 5.10. The van der Waals surface area contributed by atoms with Crippen molar-refractivity contribution < 1.29 is 31.3 Å². The van der Waals surface area contributed by atoms with Crippen molar-refractivity contribution in [2.24, 2.45) is 0 Å². The lowest BCUT2D eigenvalue weighted by atomic mass is 10.1. The number of alkyl halides is 3. The van der Waals surface area contributed by atoms with Crippen LogP contribution in [-0.4, -0.2) is 27.8 Å². The standard InChI is InChI=1S/C23H19Cl2F3N3O5P/c1-3-34-37(33,35-4-2)36-15-7-5-6-13(10-15)18-12-19(32)29-22-20(14-8-9-16(24)17(25)11-14)21(23(26,27)28)30-31(18)22/h5-12H,3-4H2,1-2H3,(H,29,32). The Morgan fingerprint density at radius 1 is 1.00 bits per heavy atom. The van der Waals surface area contributed by atoms with Gasteiger partial charge in [-0.05, 0) is 43.7 Å². The lowest BCUT2D eigenvalue weighted by Gasteiger charge is -2.17. The molecule has 196 valence electrons. The van der Waals surface area contributed by atoms with Gasteiger partial charge in [0.25, 0.3) is 5.56 Å². The molecule has 0 saturated carbocycles. The van der Waals surface area contributed by atoms with Crippen molar-refractivity contribution in [2.45, 2.75) is 20.0 Å². The van der Waals surface area contributed by atoms with Gasteiger partial charge in [0.2, 0.25) is 0 Å². The van der Waals surface area contributed by atoms with E-state index in [9.17, 15) is 22.5 Å². The molecule has 4 aromatic rings. The number of H-pyrrole nitrogens is 1. The lowest BCUT2D eigenvalue weighted by Crippen LogP contribution is -2.10. The predicted octanol–water partition coefficient (Wildman–Crippen LogP) is 7.24. The van der Waals surface area contributed by atoms with Gasteiger partial charge in [-0.1, -0.05) is 41.4 Å². The van der Waals surface area contributed by atoms with E-state index in [1.165, 1.54) is 42.5 Å². The Hall–Kier alpha value is -2.82. The molecule has 0 spiro atoms. The molecule has 0 aliphatic rings.